The summed E-state index contributed by atoms with van der Waals surface area (Å²) in [5, 5.41) is 0. The average molecular weight is 285 g/mol. The summed E-state index contributed by atoms with van der Waals surface area (Å²) in [6.07, 6.45) is 0. The van der Waals surface area contributed by atoms with Crippen LogP contribution in [0, 0.1) is 0 Å². The van der Waals surface area contributed by atoms with Gasteiger partial charge in [0.1, 0.15) is 0 Å². The van der Waals surface area contributed by atoms with Crippen LogP contribution in [0.4, 0.5) is 0 Å². The highest BCUT2D eigenvalue weighted by Gasteiger charge is 2.50. The lowest BCUT2D eigenvalue weighted by atomic mass is 9.87. The minimum Gasteiger partial charge on any atom is -0.400 e. The Hall–Kier alpha value is -0.285. The molecule has 2 rings (SSSR count). The molecule has 0 aromatic carbocycles. The van der Waals surface area contributed by atoms with E-state index in [-0.39, 0.29) is 18.3 Å². The minimum atomic E-state index is -0.295. The molecule has 0 radical (unpaired) electrons. The first-order valence-corrected chi connectivity index (χ1v) is 7.20. The summed E-state index contributed by atoms with van der Waals surface area (Å²) in [4.78, 5) is 1.15. The van der Waals surface area contributed by atoms with Gasteiger partial charge >= 0.3 is 7.12 Å². The van der Waals surface area contributed by atoms with E-state index in [9.17, 15) is 0 Å². The molecule has 2 nitrogen and oxygen atoms in total. The lowest BCUT2D eigenvalue weighted by Crippen LogP contribution is -2.41. The maximum absolute atomic E-state index is 5.94. The standard InChI is InChI=1S/C13H18BClO2S/c1-9(10-6-7-11(15)18-10)8-14-16-12(2,3)13(4,5)17-14/h6-8H,1-5H3/b9-8-. The zero-order valence-electron chi connectivity index (χ0n) is 11.4. The van der Waals surface area contributed by atoms with Gasteiger partial charge in [-0.25, -0.2) is 0 Å². The molecule has 0 aliphatic carbocycles. The van der Waals surface area contributed by atoms with Crippen LogP contribution in [0.1, 0.15) is 39.5 Å². The molecule has 98 valence electrons. The Balaban J connectivity index is 2.16. The van der Waals surface area contributed by atoms with Crippen molar-refractivity contribution in [2.45, 2.75) is 45.8 Å². The molecule has 0 N–H and O–H groups in total. The smallest absolute Gasteiger partial charge is 0.400 e. The van der Waals surface area contributed by atoms with E-state index in [0.29, 0.717) is 0 Å². The lowest BCUT2D eigenvalue weighted by molar-refractivity contribution is 0.00578. The van der Waals surface area contributed by atoms with Crippen molar-refractivity contribution in [1.29, 1.82) is 0 Å². The van der Waals surface area contributed by atoms with Crippen molar-refractivity contribution in [3.8, 4) is 0 Å². The van der Waals surface area contributed by atoms with Crippen LogP contribution >= 0.6 is 22.9 Å². The van der Waals surface area contributed by atoms with Crippen LogP contribution in [0.25, 0.3) is 5.57 Å². The van der Waals surface area contributed by atoms with Crippen molar-refractivity contribution in [3.63, 3.8) is 0 Å². The van der Waals surface area contributed by atoms with Gasteiger partial charge in [-0.15, -0.1) is 11.3 Å². The Morgan fingerprint density at radius 1 is 1.22 bits per heavy atom. The molecule has 2 heterocycles. The van der Waals surface area contributed by atoms with Crippen molar-refractivity contribution < 1.29 is 9.31 Å². The first kappa shape index (κ1) is 14.1. The Labute approximate surface area is 118 Å². The molecular formula is C13H18BClO2S. The predicted octanol–water partition coefficient (Wildman–Crippen LogP) is 4.44. The third-order valence-corrected chi connectivity index (χ3v) is 4.99. The molecule has 1 aromatic rings. The minimum absolute atomic E-state index is 0.290. The zero-order chi connectivity index (χ0) is 13.6. The van der Waals surface area contributed by atoms with Crippen molar-refractivity contribution in [2.24, 2.45) is 0 Å². The van der Waals surface area contributed by atoms with Gasteiger partial charge in [0.2, 0.25) is 0 Å². The maximum Gasteiger partial charge on any atom is 0.487 e. The van der Waals surface area contributed by atoms with Gasteiger partial charge in [-0.1, -0.05) is 11.6 Å². The Morgan fingerprint density at radius 2 is 1.78 bits per heavy atom. The molecule has 1 aliphatic heterocycles. The van der Waals surface area contributed by atoms with Crippen LogP contribution in [0.5, 0.6) is 0 Å². The molecule has 1 aromatic heterocycles. The summed E-state index contributed by atoms with van der Waals surface area (Å²) in [5.41, 5.74) is 0.550. The van der Waals surface area contributed by atoms with Crippen LogP contribution < -0.4 is 0 Å². The number of halogens is 1. The fourth-order valence-electron chi connectivity index (χ4n) is 1.77. The largest absolute Gasteiger partial charge is 0.487 e. The van der Waals surface area contributed by atoms with Gasteiger partial charge in [0.25, 0.3) is 0 Å². The van der Waals surface area contributed by atoms with Crippen molar-refractivity contribution in [1.82, 2.24) is 0 Å². The van der Waals surface area contributed by atoms with E-state index in [1.54, 1.807) is 11.3 Å². The SMILES string of the molecule is C/C(=C/B1OC(C)(C)C(C)(C)O1)c1ccc(Cl)s1. The monoisotopic (exact) mass is 284 g/mol. The molecule has 18 heavy (non-hydrogen) atoms. The molecule has 5 heteroatoms. The Bertz CT molecular complexity index is 463. The summed E-state index contributed by atoms with van der Waals surface area (Å²) in [7, 11) is -0.295. The van der Waals surface area contributed by atoms with Crippen molar-refractivity contribution >= 4 is 35.6 Å². The van der Waals surface area contributed by atoms with E-state index >= 15 is 0 Å². The molecule has 0 spiro atoms. The van der Waals surface area contributed by atoms with Crippen molar-refractivity contribution in [3.05, 3.63) is 27.3 Å². The number of allylic oxidation sites excluding steroid dienone is 1. The summed E-state index contributed by atoms with van der Waals surface area (Å²) in [5.74, 6) is 2.01. The Morgan fingerprint density at radius 3 is 2.22 bits per heavy atom. The van der Waals surface area contributed by atoms with E-state index in [0.717, 1.165) is 14.8 Å². The van der Waals surface area contributed by atoms with E-state index in [4.69, 9.17) is 20.9 Å². The van der Waals surface area contributed by atoms with Gasteiger partial charge in [-0.05, 0) is 58.3 Å². The highest BCUT2D eigenvalue weighted by molar-refractivity contribution is 7.17. The molecule has 0 atom stereocenters. The number of hydrogen-bond donors (Lipinski definition) is 0. The molecule has 1 aliphatic rings. The summed E-state index contributed by atoms with van der Waals surface area (Å²) >= 11 is 7.51. The molecular weight excluding hydrogens is 266 g/mol. The molecule has 0 saturated carbocycles. The fraction of sp³-hybridized carbons (Fsp3) is 0.538. The summed E-state index contributed by atoms with van der Waals surface area (Å²) in [6, 6.07) is 3.92. The third kappa shape index (κ3) is 2.67. The summed E-state index contributed by atoms with van der Waals surface area (Å²) < 4.78 is 12.7. The average Bonchev–Trinajstić information content (AvgIpc) is 2.69. The second kappa shape index (κ2) is 4.67. The second-order valence-electron chi connectivity index (χ2n) is 5.58. The van der Waals surface area contributed by atoms with Gasteiger partial charge in [0, 0.05) is 4.88 Å². The molecule has 0 amide bonds. The quantitative estimate of drug-likeness (QED) is 0.748. The van der Waals surface area contributed by atoms with Gasteiger partial charge in [0.15, 0.2) is 0 Å². The first-order chi connectivity index (χ1) is 8.21. The Kier molecular flexibility index (Phi) is 3.67. The van der Waals surface area contributed by atoms with E-state index in [2.05, 4.69) is 27.7 Å². The van der Waals surface area contributed by atoms with Crippen LogP contribution in [0.15, 0.2) is 18.1 Å². The van der Waals surface area contributed by atoms with Crippen LogP contribution in [0.3, 0.4) is 0 Å². The second-order valence-corrected chi connectivity index (χ2v) is 7.29. The normalized spacial score (nSPS) is 22.6. The summed E-state index contributed by atoms with van der Waals surface area (Å²) in [6.45, 7) is 10.3. The van der Waals surface area contributed by atoms with E-state index in [1.807, 2.05) is 25.0 Å². The number of thiophene rings is 1. The van der Waals surface area contributed by atoms with E-state index < -0.39 is 0 Å². The zero-order valence-corrected chi connectivity index (χ0v) is 13.0. The molecule has 0 unspecified atom stereocenters. The van der Waals surface area contributed by atoms with Crippen LogP contribution in [0.2, 0.25) is 4.34 Å². The third-order valence-electron chi connectivity index (χ3n) is 3.62. The molecule has 1 saturated heterocycles. The van der Waals surface area contributed by atoms with Gasteiger partial charge in [-0.3, -0.25) is 0 Å². The van der Waals surface area contributed by atoms with E-state index in [1.165, 1.54) is 0 Å². The van der Waals surface area contributed by atoms with Crippen LogP contribution in [-0.4, -0.2) is 18.3 Å². The number of hydrogen-bond acceptors (Lipinski definition) is 3. The van der Waals surface area contributed by atoms with Gasteiger partial charge < -0.3 is 9.31 Å². The molecule has 1 fully saturated rings. The highest BCUT2D eigenvalue weighted by atomic mass is 35.5. The topological polar surface area (TPSA) is 18.5 Å². The first-order valence-electron chi connectivity index (χ1n) is 6.01. The van der Waals surface area contributed by atoms with Crippen LogP contribution in [-0.2, 0) is 9.31 Å². The molecule has 0 bridgehead atoms. The fourth-order valence-corrected chi connectivity index (χ4v) is 2.79. The predicted molar refractivity (Wildman–Crippen MR) is 79.1 cm³/mol. The lowest BCUT2D eigenvalue weighted by Gasteiger charge is -2.32. The van der Waals surface area contributed by atoms with Gasteiger partial charge in [0.05, 0.1) is 15.5 Å². The number of rotatable bonds is 2. The van der Waals surface area contributed by atoms with Gasteiger partial charge in [-0.2, -0.15) is 0 Å². The highest BCUT2D eigenvalue weighted by Crippen LogP contribution is 2.38. The maximum atomic E-state index is 5.94. The van der Waals surface area contributed by atoms with Crippen molar-refractivity contribution in [2.75, 3.05) is 0 Å².